The standard InChI is InChI=1S/C14H25NO10P/c1-9(2)24-13(19)21-8-23-26(20)22-7-14(3,4)11(25-26)12(18)15-6-5-10(16)17/h9,11,20H,5-8H2,1-4H3,(H,15,18)(H,16,17)/t11-/m0/s1. The number of rotatable bonds is 8. The van der Waals surface area contributed by atoms with E-state index in [1.54, 1.807) is 27.7 Å². The summed E-state index contributed by atoms with van der Waals surface area (Å²) in [4.78, 5) is 44.3. The zero-order chi connectivity index (χ0) is 20.0. The van der Waals surface area contributed by atoms with E-state index in [9.17, 15) is 19.3 Å². The summed E-state index contributed by atoms with van der Waals surface area (Å²) in [7, 11) is -3.90. The molecule has 1 unspecified atom stereocenters. The maximum Gasteiger partial charge on any atom is 0.510 e. The van der Waals surface area contributed by atoms with Crippen LogP contribution in [0.4, 0.5) is 4.79 Å². The van der Waals surface area contributed by atoms with Gasteiger partial charge in [0.1, 0.15) is 0 Å². The lowest BCUT2D eigenvalue weighted by Crippen LogP contribution is -2.50. The number of nitrogens with one attached hydrogen (secondary N) is 1. The molecule has 2 atom stereocenters. The van der Waals surface area contributed by atoms with Crippen LogP contribution in [0.3, 0.4) is 0 Å². The molecule has 3 N–H and O–H groups in total. The quantitative estimate of drug-likeness (QED) is 0.309. The van der Waals surface area contributed by atoms with Crippen LogP contribution < -0.4 is 5.32 Å². The lowest BCUT2D eigenvalue weighted by atomic mass is 9.87. The molecule has 11 nitrogen and oxygen atoms in total. The summed E-state index contributed by atoms with van der Waals surface area (Å²) in [5.74, 6) is -1.67. The highest BCUT2D eigenvalue weighted by Gasteiger charge is 2.50. The van der Waals surface area contributed by atoms with Gasteiger partial charge in [0.15, 0.2) is 6.10 Å². The minimum absolute atomic E-state index is 0.0647. The van der Waals surface area contributed by atoms with Gasteiger partial charge in [-0.1, -0.05) is 13.8 Å². The van der Waals surface area contributed by atoms with E-state index in [0.29, 0.717) is 0 Å². The Balaban J connectivity index is 2.59. The lowest BCUT2D eigenvalue weighted by molar-refractivity contribution is -0.146. The lowest BCUT2D eigenvalue weighted by Gasteiger charge is -2.43. The predicted molar refractivity (Wildman–Crippen MR) is 87.7 cm³/mol. The molecule has 0 aliphatic carbocycles. The summed E-state index contributed by atoms with van der Waals surface area (Å²) in [6, 6.07) is 0. The Hall–Kier alpha value is -1.52. The zero-order valence-corrected chi connectivity index (χ0v) is 16.0. The van der Waals surface area contributed by atoms with Gasteiger partial charge in [-0.3, -0.25) is 23.2 Å². The van der Waals surface area contributed by atoms with E-state index < -0.39 is 44.5 Å². The first-order chi connectivity index (χ1) is 11.9. The molecular weight excluding hydrogens is 373 g/mol. The molecule has 151 valence electrons. The number of amides is 1. The Morgan fingerprint density at radius 1 is 1.35 bits per heavy atom. The topological polar surface area (TPSA) is 150 Å². The Labute approximate surface area is 151 Å². The van der Waals surface area contributed by atoms with Gasteiger partial charge in [0.05, 0.1) is 19.1 Å². The van der Waals surface area contributed by atoms with Gasteiger partial charge in [0.2, 0.25) is 12.7 Å². The van der Waals surface area contributed by atoms with E-state index in [4.69, 9.17) is 23.4 Å². The van der Waals surface area contributed by atoms with Crippen LogP contribution in [0.2, 0.25) is 0 Å². The Kier molecular flexibility index (Phi) is 8.16. The largest absolute Gasteiger partial charge is 0.510 e. The molecule has 0 aromatic heterocycles. The SMILES string of the molecule is CC(C)OC(=O)OCO[P]1(O)OCC(C)(C)[C@H](C(=O)NCCC(=O)O)O1. The number of carbonyl (C=O) groups is 3. The average molecular weight is 398 g/mol. The fourth-order valence-electron chi connectivity index (χ4n) is 1.85. The first-order valence-electron chi connectivity index (χ1n) is 7.87. The van der Waals surface area contributed by atoms with E-state index in [1.807, 2.05) is 0 Å². The summed E-state index contributed by atoms with van der Waals surface area (Å²) >= 11 is 0. The van der Waals surface area contributed by atoms with Crippen molar-refractivity contribution in [2.75, 3.05) is 19.9 Å². The second-order valence-electron chi connectivity index (χ2n) is 6.46. The van der Waals surface area contributed by atoms with Crippen LogP contribution in [-0.2, 0) is 32.6 Å². The second-order valence-corrected chi connectivity index (χ2v) is 8.12. The summed E-state index contributed by atoms with van der Waals surface area (Å²) < 4.78 is 24.8. The molecule has 1 rings (SSSR count). The molecule has 0 spiro atoms. The van der Waals surface area contributed by atoms with Gasteiger partial charge in [-0.2, -0.15) is 0 Å². The van der Waals surface area contributed by atoms with E-state index in [2.05, 4.69) is 10.1 Å². The van der Waals surface area contributed by atoms with Crippen molar-refractivity contribution in [2.45, 2.75) is 46.3 Å². The van der Waals surface area contributed by atoms with Gasteiger partial charge in [-0.05, 0) is 13.8 Å². The second kappa shape index (κ2) is 9.43. The van der Waals surface area contributed by atoms with Gasteiger partial charge < -0.3 is 24.8 Å². The predicted octanol–water partition coefficient (Wildman–Crippen LogP) is 1.22. The maximum atomic E-state index is 12.2. The van der Waals surface area contributed by atoms with Crippen molar-refractivity contribution < 1.29 is 47.4 Å². The summed E-state index contributed by atoms with van der Waals surface area (Å²) in [5, 5.41) is 11.0. The molecular formula is C14H25NO10P. The van der Waals surface area contributed by atoms with Gasteiger partial charge in [0.25, 0.3) is 0 Å². The number of aliphatic carboxylic acids is 1. The molecule has 1 heterocycles. The van der Waals surface area contributed by atoms with Crippen molar-refractivity contribution in [1.82, 2.24) is 5.32 Å². The molecule has 1 saturated heterocycles. The molecule has 1 amide bonds. The van der Waals surface area contributed by atoms with Gasteiger partial charge >= 0.3 is 20.3 Å². The number of carboxylic acid groups (broad SMARTS) is 1. The summed E-state index contributed by atoms with van der Waals surface area (Å²) in [6.45, 7) is 5.77. The highest BCUT2D eigenvalue weighted by molar-refractivity contribution is 7.55. The molecule has 1 aliphatic rings. The smallest absolute Gasteiger partial charge is 0.481 e. The van der Waals surface area contributed by atoms with Crippen molar-refractivity contribution in [1.29, 1.82) is 0 Å². The number of carboxylic acids is 1. The van der Waals surface area contributed by atoms with Crippen LogP contribution >= 0.6 is 8.17 Å². The molecule has 1 aliphatic heterocycles. The Morgan fingerprint density at radius 2 is 2.00 bits per heavy atom. The van der Waals surface area contributed by atoms with Crippen molar-refractivity contribution in [3.05, 3.63) is 0 Å². The first kappa shape index (κ1) is 22.5. The molecule has 0 saturated carbocycles. The third-order valence-electron chi connectivity index (χ3n) is 3.15. The Morgan fingerprint density at radius 3 is 2.58 bits per heavy atom. The third kappa shape index (κ3) is 7.38. The maximum absolute atomic E-state index is 12.2. The average Bonchev–Trinajstić information content (AvgIpc) is 2.49. The highest BCUT2D eigenvalue weighted by Crippen LogP contribution is 2.63. The van der Waals surface area contributed by atoms with Crippen LogP contribution in [0.5, 0.6) is 0 Å². The fourth-order valence-corrected chi connectivity index (χ4v) is 3.38. The molecule has 0 aromatic carbocycles. The van der Waals surface area contributed by atoms with Gasteiger partial charge in [-0.25, -0.2) is 4.79 Å². The van der Waals surface area contributed by atoms with Crippen molar-refractivity contribution in [3.8, 4) is 0 Å². The Bertz CT molecular complexity index is 526. The number of ether oxygens (including phenoxy) is 2. The van der Waals surface area contributed by atoms with E-state index >= 15 is 0 Å². The molecule has 0 bridgehead atoms. The number of carbonyl (C=O) groups excluding carboxylic acids is 2. The molecule has 26 heavy (non-hydrogen) atoms. The molecule has 0 aromatic rings. The minimum Gasteiger partial charge on any atom is -0.481 e. The van der Waals surface area contributed by atoms with Crippen LogP contribution in [-0.4, -0.2) is 60.2 Å². The normalized spacial score (nSPS) is 24.8. The summed E-state index contributed by atoms with van der Waals surface area (Å²) in [6.07, 6.45) is -2.78. The van der Waals surface area contributed by atoms with Crippen LogP contribution in [0, 0.1) is 5.41 Å². The summed E-state index contributed by atoms with van der Waals surface area (Å²) in [5.41, 5.74) is -0.805. The third-order valence-corrected chi connectivity index (χ3v) is 4.51. The highest BCUT2D eigenvalue weighted by atomic mass is 31.2. The minimum atomic E-state index is -3.90. The van der Waals surface area contributed by atoms with Gasteiger partial charge in [0, 0.05) is 12.0 Å². The number of hydrogen-bond donors (Lipinski definition) is 3. The van der Waals surface area contributed by atoms with Crippen molar-refractivity contribution in [2.24, 2.45) is 5.41 Å². The van der Waals surface area contributed by atoms with Crippen molar-refractivity contribution in [3.63, 3.8) is 0 Å². The van der Waals surface area contributed by atoms with E-state index in [-0.39, 0.29) is 25.7 Å². The molecule has 1 radical (unpaired) electrons. The first-order valence-corrected chi connectivity index (χ1v) is 9.37. The van der Waals surface area contributed by atoms with Gasteiger partial charge in [-0.15, -0.1) is 0 Å². The molecule has 12 heteroatoms. The van der Waals surface area contributed by atoms with Crippen molar-refractivity contribution >= 4 is 26.2 Å². The van der Waals surface area contributed by atoms with Crippen LogP contribution in [0.25, 0.3) is 0 Å². The van der Waals surface area contributed by atoms with Crippen LogP contribution in [0.1, 0.15) is 34.1 Å². The van der Waals surface area contributed by atoms with Crippen LogP contribution in [0.15, 0.2) is 0 Å². The zero-order valence-electron chi connectivity index (χ0n) is 15.1. The molecule has 1 fully saturated rings. The fraction of sp³-hybridized carbons (Fsp3) is 0.786. The van der Waals surface area contributed by atoms with E-state index in [1.165, 1.54) is 0 Å². The monoisotopic (exact) mass is 398 g/mol. The van der Waals surface area contributed by atoms with E-state index in [0.717, 1.165) is 0 Å². The number of hydrogen-bond acceptors (Lipinski definition) is 9.